The largest absolute Gasteiger partial charge is 0.455 e. The minimum Gasteiger partial charge on any atom is -0.455 e. The molecule has 0 amide bonds. The van der Waals surface area contributed by atoms with Gasteiger partial charge < -0.3 is 10.5 Å². The number of nitrogen functional groups attached to an aromatic ring is 1. The van der Waals surface area contributed by atoms with Crippen LogP contribution in [0.15, 0.2) is 54.6 Å². The monoisotopic (exact) mass is 253 g/mol. The maximum atomic E-state index is 5.82. The van der Waals surface area contributed by atoms with Crippen molar-refractivity contribution < 1.29 is 4.74 Å². The van der Waals surface area contributed by atoms with E-state index in [1.54, 1.807) is 0 Å². The first-order valence-electron chi connectivity index (χ1n) is 5.71. The number of benzene rings is 2. The van der Waals surface area contributed by atoms with Gasteiger partial charge in [0.1, 0.15) is 11.4 Å². The molecular formula is C13H11N5O. The van der Waals surface area contributed by atoms with Gasteiger partial charge in [0.15, 0.2) is 5.75 Å². The first-order valence-corrected chi connectivity index (χ1v) is 5.71. The highest BCUT2D eigenvalue weighted by Crippen LogP contribution is 2.28. The van der Waals surface area contributed by atoms with E-state index in [9.17, 15) is 0 Å². The highest BCUT2D eigenvalue weighted by molar-refractivity contribution is 5.50. The molecule has 1 heterocycles. The van der Waals surface area contributed by atoms with Crippen molar-refractivity contribution in [2.45, 2.75) is 0 Å². The Balaban J connectivity index is 2.01. The van der Waals surface area contributed by atoms with Crippen molar-refractivity contribution in [3.05, 3.63) is 54.6 Å². The third-order valence-electron chi connectivity index (χ3n) is 2.56. The molecule has 0 saturated heterocycles. The van der Waals surface area contributed by atoms with Crippen molar-refractivity contribution in [2.75, 3.05) is 5.73 Å². The molecule has 0 aliphatic rings. The number of tetrazole rings is 1. The van der Waals surface area contributed by atoms with Crippen LogP contribution in [0.4, 0.5) is 5.95 Å². The van der Waals surface area contributed by atoms with Gasteiger partial charge in [-0.2, -0.15) is 4.68 Å². The average molecular weight is 253 g/mol. The summed E-state index contributed by atoms with van der Waals surface area (Å²) in [7, 11) is 0. The maximum Gasteiger partial charge on any atom is 0.245 e. The van der Waals surface area contributed by atoms with E-state index < -0.39 is 0 Å². The van der Waals surface area contributed by atoms with Gasteiger partial charge in [-0.05, 0) is 34.7 Å². The molecule has 0 aliphatic heterocycles. The van der Waals surface area contributed by atoms with Gasteiger partial charge in [-0.1, -0.05) is 35.4 Å². The van der Waals surface area contributed by atoms with Crippen LogP contribution in [0.1, 0.15) is 0 Å². The van der Waals surface area contributed by atoms with E-state index in [2.05, 4.69) is 15.5 Å². The van der Waals surface area contributed by atoms with Crippen LogP contribution in [0.3, 0.4) is 0 Å². The normalized spacial score (nSPS) is 10.3. The van der Waals surface area contributed by atoms with E-state index in [0.717, 1.165) is 5.75 Å². The number of rotatable bonds is 3. The molecule has 94 valence electrons. The van der Waals surface area contributed by atoms with E-state index in [-0.39, 0.29) is 5.95 Å². The smallest absolute Gasteiger partial charge is 0.245 e. The lowest BCUT2D eigenvalue weighted by atomic mass is 10.3. The second-order valence-electron chi connectivity index (χ2n) is 3.83. The topological polar surface area (TPSA) is 78.9 Å². The summed E-state index contributed by atoms with van der Waals surface area (Å²) in [4.78, 5) is 0. The zero-order chi connectivity index (χ0) is 13.1. The summed E-state index contributed by atoms with van der Waals surface area (Å²) in [6.45, 7) is 0. The molecule has 0 unspecified atom stereocenters. The molecule has 0 bridgehead atoms. The molecule has 0 spiro atoms. The summed E-state index contributed by atoms with van der Waals surface area (Å²) >= 11 is 0. The molecule has 19 heavy (non-hydrogen) atoms. The fourth-order valence-electron chi connectivity index (χ4n) is 1.70. The highest BCUT2D eigenvalue weighted by Gasteiger charge is 2.10. The molecule has 0 fully saturated rings. The SMILES string of the molecule is Nc1nnnn1-c1ccccc1Oc1ccccc1. The molecule has 0 radical (unpaired) electrons. The molecule has 0 atom stereocenters. The lowest BCUT2D eigenvalue weighted by Gasteiger charge is -2.10. The van der Waals surface area contributed by atoms with Gasteiger partial charge in [0.25, 0.3) is 0 Å². The van der Waals surface area contributed by atoms with Gasteiger partial charge in [0.2, 0.25) is 5.95 Å². The number of nitrogens with two attached hydrogens (primary N) is 1. The number of aromatic nitrogens is 4. The average Bonchev–Trinajstić information content (AvgIpc) is 2.87. The minimum absolute atomic E-state index is 0.212. The van der Waals surface area contributed by atoms with Crippen LogP contribution < -0.4 is 10.5 Å². The third-order valence-corrected chi connectivity index (χ3v) is 2.56. The highest BCUT2D eigenvalue weighted by atomic mass is 16.5. The standard InChI is InChI=1S/C13H11N5O/c14-13-15-16-17-18(13)11-8-4-5-9-12(11)19-10-6-2-1-3-7-10/h1-9H,(H2,14,15,17). The van der Waals surface area contributed by atoms with E-state index >= 15 is 0 Å². The lowest BCUT2D eigenvalue weighted by molar-refractivity contribution is 0.478. The van der Waals surface area contributed by atoms with Gasteiger partial charge in [0.05, 0.1) is 0 Å². The Morgan fingerprint density at radius 3 is 2.42 bits per heavy atom. The molecule has 1 aromatic heterocycles. The Morgan fingerprint density at radius 1 is 0.947 bits per heavy atom. The van der Waals surface area contributed by atoms with Crippen LogP contribution in [0.25, 0.3) is 5.69 Å². The van der Waals surface area contributed by atoms with Crippen LogP contribution in [0.5, 0.6) is 11.5 Å². The number of para-hydroxylation sites is 3. The lowest BCUT2D eigenvalue weighted by Crippen LogP contribution is -2.04. The van der Waals surface area contributed by atoms with Gasteiger partial charge in [0, 0.05) is 0 Å². The number of ether oxygens (including phenoxy) is 1. The Morgan fingerprint density at radius 2 is 1.68 bits per heavy atom. The first kappa shape index (κ1) is 11.2. The molecule has 0 aliphatic carbocycles. The summed E-state index contributed by atoms with van der Waals surface area (Å²) in [5, 5.41) is 11.0. The van der Waals surface area contributed by atoms with Crippen LogP contribution in [-0.4, -0.2) is 20.2 Å². The third kappa shape index (κ3) is 2.23. The fourth-order valence-corrected chi connectivity index (χ4v) is 1.70. The summed E-state index contributed by atoms with van der Waals surface area (Å²) in [6.07, 6.45) is 0. The van der Waals surface area contributed by atoms with Crippen molar-refractivity contribution in [3.8, 4) is 17.2 Å². The Bertz CT molecular complexity index is 680. The quantitative estimate of drug-likeness (QED) is 0.772. The predicted octanol–water partition coefficient (Wildman–Crippen LogP) is 2.04. The predicted molar refractivity (Wildman–Crippen MR) is 70.1 cm³/mol. The zero-order valence-electron chi connectivity index (χ0n) is 9.97. The van der Waals surface area contributed by atoms with Crippen LogP contribution in [0.2, 0.25) is 0 Å². The van der Waals surface area contributed by atoms with Crippen LogP contribution in [0, 0.1) is 0 Å². The number of hydrogen-bond donors (Lipinski definition) is 1. The molecule has 0 saturated carbocycles. The second kappa shape index (κ2) is 4.77. The Labute approximate surface area is 109 Å². The van der Waals surface area contributed by atoms with Gasteiger partial charge in [-0.3, -0.25) is 0 Å². The van der Waals surface area contributed by atoms with Crippen molar-refractivity contribution in [3.63, 3.8) is 0 Å². The molecule has 6 nitrogen and oxygen atoms in total. The summed E-state index contributed by atoms with van der Waals surface area (Å²) in [5.41, 5.74) is 6.39. The van der Waals surface area contributed by atoms with E-state index in [1.807, 2.05) is 54.6 Å². The van der Waals surface area contributed by atoms with Crippen molar-refractivity contribution >= 4 is 5.95 Å². The Kier molecular flexibility index (Phi) is 2.82. The molecule has 6 heteroatoms. The fraction of sp³-hybridized carbons (Fsp3) is 0. The molecule has 3 aromatic rings. The van der Waals surface area contributed by atoms with Crippen LogP contribution >= 0.6 is 0 Å². The summed E-state index contributed by atoms with van der Waals surface area (Å²) in [6, 6.07) is 16.9. The molecular weight excluding hydrogens is 242 g/mol. The minimum atomic E-state index is 0.212. The summed E-state index contributed by atoms with van der Waals surface area (Å²) < 4.78 is 7.25. The van der Waals surface area contributed by atoms with Crippen molar-refractivity contribution in [1.29, 1.82) is 0 Å². The number of nitrogens with zero attached hydrogens (tertiary/aromatic N) is 4. The van der Waals surface area contributed by atoms with Crippen molar-refractivity contribution in [2.24, 2.45) is 0 Å². The van der Waals surface area contributed by atoms with Gasteiger partial charge in [-0.25, -0.2) is 0 Å². The van der Waals surface area contributed by atoms with E-state index in [1.165, 1.54) is 4.68 Å². The van der Waals surface area contributed by atoms with E-state index in [0.29, 0.717) is 11.4 Å². The van der Waals surface area contributed by atoms with E-state index in [4.69, 9.17) is 10.5 Å². The number of anilines is 1. The maximum absolute atomic E-state index is 5.82. The Hall–Kier alpha value is -2.89. The second-order valence-corrected chi connectivity index (χ2v) is 3.83. The zero-order valence-corrected chi connectivity index (χ0v) is 9.97. The molecule has 3 rings (SSSR count). The van der Waals surface area contributed by atoms with Gasteiger partial charge in [-0.15, -0.1) is 0 Å². The molecule has 2 N–H and O–H groups in total. The van der Waals surface area contributed by atoms with Crippen molar-refractivity contribution in [1.82, 2.24) is 20.2 Å². The summed E-state index contributed by atoms with van der Waals surface area (Å²) in [5.74, 6) is 1.58. The van der Waals surface area contributed by atoms with Gasteiger partial charge >= 0.3 is 0 Å². The first-order chi connectivity index (χ1) is 9.34. The molecule has 2 aromatic carbocycles. The van der Waals surface area contributed by atoms with Crippen LogP contribution in [-0.2, 0) is 0 Å². The number of hydrogen-bond acceptors (Lipinski definition) is 5.